The number of anilines is 1. The topological polar surface area (TPSA) is 49.4 Å². The summed E-state index contributed by atoms with van der Waals surface area (Å²) in [7, 11) is 4.04. The van der Waals surface area contributed by atoms with E-state index in [0.717, 1.165) is 12.1 Å². The number of carbonyl (C=O) groups is 2. The Hall–Kier alpha value is -2.46. The summed E-state index contributed by atoms with van der Waals surface area (Å²) in [6.07, 6.45) is 7.32. The van der Waals surface area contributed by atoms with E-state index in [9.17, 15) is 9.59 Å². The summed E-state index contributed by atoms with van der Waals surface area (Å²) in [5.41, 5.74) is 3.16. The van der Waals surface area contributed by atoms with Crippen molar-refractivity contribution in [2.45, 2.75) is 33.6 Å². The summed E-state index contributed by atoms with van der Waals surface area (Å²) in [4.78, 5) is 27.9. The molecule has 0 saturated heterocycles. The van der Waals surface area contributed by atoms with Gasteiger partial charge in [0.05, 0.1) is 11.5 Å². The Morgan fingerprint density at radius 1 is 1.18 bits per heavy atom. The van der Waals surface area contributed by atoms with Gasteiger partial charge in [-0.1, -0.05) is 56.7 Å². The van der Waals surface area contributed by atoms with Crippen molar-refractivity contribution in [3.05, 3.63) is 65.3 Å². The molecule has 0 aromatic heterocycles. The second-order valence-corrected chi connectivity index (χ2v) is 7.99. The first-order valence-electron chi connectivity index (χ1n) is 9.89. The van der Waals surface area contributed by atoms with Crippen LogP contribution in [-0.4, -0.2) is 37.2 Å². The number of Topliss-reactive ketones (excluding diaryl/α,β-unsaturated/α-hetero) is 1. The molecular formula is C24H32N2O2. The van der Waals surface area contributed by atoms with Gasteiger partial charge in [0.1, 0.15) is 0 Å². The van der Waals surface area contributed by atoms with E-state index in [2.05, 4.69) is 31.0 Å². The minimum Gasteiger partial charge on any atom is -0.322 e. The van der Waals surface area contributed by atoms with Crippen LogP contribution in [0.4, 0.5) is 5.69 Å². The molecule has 1 aromatic rings. The van der Waals surface area contributed by atoms with Gasteiger partial charge in [-0.25, -0.2) is 0 Å². The highest BCUT2D eigenvalue weighted by molar-refractivity contribution is 6.25. The van der Waals surface area contributed by atoms with E-state index in [1.807, 2.05) is 63.5 Å². The summed E-state index contributed by atoms with van der Waals surface area (Å²) in [5.74, 6) is -0.217. The predicted octanol–water partition coefficient (Wildman–Crippen LogP) is 4.57. The molecule has 0 fully saturated rings. The van der Waals surface area contributed by atoms with Crippen molar-refractivity contribution >= 4 is 17.4 Å². The van der Waals surface area contributed by atoms with E-state index >= 15 is 0 Å². The molecule has 1 aliphatic carbocycles. The van der Waals surface area contributed by atoms with Gasteiger partial charge >= 0.3 is 0 Å². The molecule has 2 rings (SSSR count). The fourth-order valence-corrected chi connectivity index (χ4v) is 3.62. The lowest BCUT2D eigenvalue weighted by Crippen LogP contribution is -2.31. The zero-order valence-corrected chi connectivity index (χ0v) is 17.8. The Bertz CT molecular complexity index is 798. The van der Waals surface area contributed by atoms with E-state index in [1.165, 1.54) is 5.56 Å². The number of hydrogen-bond acceptors (Lipinski definition) is 3. The van der Waals surface area contributed by atoms with Gasteiger partial charge in [0.2, 0.25) is 0 Å². The van der Waals surface area contributed by atoms with Crippen LogP contribution in [0.5, 0.6) is 0 Å². The summed E-state index contributed by atoms with van der Waals surface area (Å²) in [6, 6.07) is 7.76. The first-order valence-corrected chi connectivity index (χ1v) is 9.89. The van der Waals surface area contributed by atoms with Gasteiger partial charge in [0, 0.05) is 12.2 Å². The molecule has 1 aliphatic rings. The molecule has 0 bridgehead atoms. The van der Waals surface area contributed by atoms with Gasteiger partial charge in [0.15, 0.2) is 5.78 Å². The van der Waals surface area contributed by atoms with Crippen LogP contribution in [0.25, 0.3) is 0 Å². The SMILES string of the molecule is C/C=C(/C1C=CC=C(C(=O)Nc2ccc(C(C)C)cc2)C1=O)[C@H](C)CN(C)C. The lowest BCUT2D eigenvalue weighted by Gasteiger charge is -2.26. The van der Waals surface area contributed by atoms with E-state index in [-0.39, 0.29) is 29.1 Å². The second-order valence-electron chi connectivity index (χ2n) is 7.99. The lowest BCUT2D eigenvalue weighted by atomic mass is 9.80. The molecule has 1 amide bonds. The number of rotatable bonds is 7. The molecule has 4 nitrogen and oxygen atoms in total. The molecule has 1 N–H and O–H groups in total. The Kier molecular flexibility index (Phi) is 7.53. The zero-order chi connectivity index (χ0) is 20.8. The van der Waals surface area contributed by atoms with Crippen molar-refractivity contribution in [2.24, 2.45) is 11.8 Å². The second kappa shape index (κ2) is 9.65. The van der Waals surface area contributed by atoms with Crippen LogP contribution in [0.2, 0.25) is 0 Å². The Labute approximate surface area is 169 Å². The van der Waals surface area contributed by atoms with E-state index in [1.54, 1.807) is 6.08 Å². The van der Waals surface area contributed by atoms with Gasteiger partial charge in [-0.15, -0.1) is 0 Å². The molecule has 1 unspecified atom stereocenters. The fraction of sp³-hybridized carbons (Fsp3) is 0.417. The third kappa shape index (κ3) is 5.29. The smallest absolute Gasteiger partial charge is 0.259 e. The Balaban J connectivity index is 2.13. The van der Waals surface area contributed by atoms with Crippen molar-refractivity contribution in [1.29, 1.82) is 0 Å². The van der Waals surface area contributed by atoms with Gasteiger partial charge in [-0.2, -0.15) is 0 Å². The standard InChI is InChI=1S/C24H32N2O2/c1-7-20(17(4)15-26(5)6)21-9-8-10-22(23(21)27)24(28)25-19-13-11-18(12-14-19)16(2)3/h7-14,16-17,21H,15H2,1-6H3,(H,25,28)/b20-7+/t17-,21?/m1/s1. The normalized spacial score (nSPS) is 18.4. The maximum atomic E-state index is 13.1. The van der Waals surface area contributed by atoms with Crippen molar-refractivity contribution in [3.63, 3.8) is 0 Å². The molecule has 4 heteroatoms. The molecule has 0 radical (unpaired) electrons. The fourth-order valence-electron chi connectivity index (χ4n) is 3.62. The minimum atomic E-state index is -0.381. The van der Waals surface area contributed by atoms with E-state index in [4.69, 9.17) is 0 Å². The number of allylic oxidation sites excluding steroid dienone is 4. The van der Waals surface area contributed by atoms with Crippen molar-refractivity contribution in [3.8, 4) is 0 Å². The number of nitrogens with one attached hydrogen (secondary N) is 1. The van der Waals surface area contributed by atoms with Gasteiger partial charge in [-0.3, -0.25) is 9.59 Å². The molecule has 0 saturated carbocycles. The molecule has 150 valence electrons. The molecule has 0 spiro atoms. The Morgan fingerprint density at radius 2 is 1.82 bits per heavy atom. The third-order valence-electron chi connectivity index (χ3n) is 5.09. The quantitative estimate of drug-likeness (QED) is 0.557. The molecule has 2 atom stereocenters. The molecular weight excluding hydrogens is 348 g/mol. The van der Waals surface area contributed by atoms with Crippen molar-refractivity contribution in [2.75, 3.05) is 26.0 Å². The van der Waals surface area contributed by atoms with Gasteiger partial charge in [0.25, 0.3) is 5.91 Å². The van der Waals surface area contributed by atoms with Crippen LogP contribution in [0.15, 0.2) is 59.7 Å². The Morgan fingerprint density at radius 3 is 2.36 bits per heavy atom. The number of benzene rings is 1. The van der Waals surface area contributed by atoms with Gasteiger partial charge in [-0.05, 0) is 56.6 Å². The van der Waals surface area contributed by atoms with Crippen LogP contribution < -0.4 is 5.32 Å². The highest BCUT2D eigenvalue weighted by Crippen LogP contribution is 2.28. The summed E-state index contributed by atoms with van der Waals surface area (Å²) < 4.78 is 0. The van der Waals surface area contributed by atoms with Crippen molar-refractivity contribution < 1.29 is 9.59 Å². The van der Waals surface area contributed by atoms with E-state index in [0.29, 0.717) is 11.6 Å². The number of hydrogen-bond donors (Lipinski definition) is 1. The summed E-state index contributed by atoms with van der Waals surface area (Å²) >= 11 is 0. The number of amides is 1. The maximum absolute atomic E-state index is 13.1. The predicted molar refractivity (Wildman–Crippen MR) is 116 cm³/mol. The van der Waals surface area contributed by atoms with Crippen LogP contribution in [0.3, 0.4) is 0 Å². The summed E-state index contributed by atoms with van der Waals surface area (Å²) in [5, 5.41) is 2.86. The molecule has 0 heterocycles. The van der Waals surface area contributed by atoms with Crippen molar-refractivity contribution in [1.82, 2.24) is 4.90 Å². The average Bonchev–Trinajstić information content (AvgIpc) is 2.63. The monoisotopic (exact) mass is 380 g/mol. The largest absolute Gasteiger partial charge is 0.322 e. The number of ketones is 1. The average molecular weight is 381 g/mol. The summed E-state index contributed by atoms with van der Waals surface area (Å²) in [6.45, 7) is 9.18. The van der Waals surface area contributed by atoms with Gasteiger partial charge < -0.3 is 10.2 Å². The van der Waals surface area contributed by atoms with Crippen LogP contribution in [0.1, 0.15) is 39.2 Å². The first kappa shape index (κ1) is 21.8. The highest BCUT2D eigenvalue weighted by atomic mass is 16.2. The zero-order valence-electron chi connectivity index (χ0n) is 17.8. The first-order chi connectivity index (χ1) is 13.2. The minimum absolute atomic E-state index is 0.141. The highest BCUT2D eigenvalue weighted by Gasteiger charge is 2.31. The number of carbonyl (C=O) groups excluding carboxylic acids is 2. The van der Waals surface area contributed by atoms with E-state index < -0.39 is 0 Å². The molecule has 1 aromatic carbocycles. The molecule has 28 heavy (non-hydrogen) atoms. The lowest BCUT2D eigenvalue weighted by molar-refractivity contribution is -0.121. The number of nitrogens with zero attached hydrogens (tertiary/aromatic N) is 1. The molecule has 0 aliphatic heterocycles. The van der Waals surface area contributed by atoms with Crippen LogP contribution >= 0.6 is 0 Å². The van der Waals surface area contributed by atoms with Crippen LogP contribution in [0, 0.1) is 11.8 Å². The maximum Gasteiger partial charge on any atom is 0.259 e. The van der Waals surface area contributed by atoms with Crippen LogP contribution in [-0.2, 0) is 9.59 Å². The third-order valence-corrected chi connectivity index (χ3v) is 5.09.